The largest absolute Gasteiger partial charge is 0.493 e. The summed E-state index contributed by atoms with van der Waals surface area (Å²) in [5.74, 6) is 0.665. The number of rotatable bonds is 3. The number of benzene rings is 1. The zero-order valence-corrected chi connectivity index (χ0v) is 13.0. The molecule has 1 aromatic carbocycles. The number of nitrogens with one attached hydrogen (secondary N) is 1. The summed E-state index contributed by atoms with van der Waals surface area (Å²) in [5.41, 5.74) is 0.502. The van der Waals surface area contributed by atoms with E-state index in [0.717, 1.165) is 0 Å². The van der Waals surface area contributed by atoms with Gasteiger partial charge in [0.15, 0.2) is 5.03 Å². The zero-order valence-electron chi connectivity index (χ0n) is 12.2. The highest BCUT2D eigenvalue weighted by atomic mass is 32.2. The first kappa shape index (κ1) is 15.0. The van der Waals surface area contributed by atoms with Crippen LogP contribution < -0.4 is 9.46 Å². The van der Waals surface area contributed by atoms with E-state index < -0.39 is 21.9 Å². The Labute approximate surface area is 128 Å². The highest BCUT2D eigenvalue weighted by Crippen LogP contribution is 2.33. The Morgan fingerprint density at radius 3 is 2.91 bits per heavy atom. The molecule has 1 aromatic heterocycles. The maximum absolute atomic E-state index is 13.4. The van der Waals surface area contributed by atoms with Crippen molar-refractivity contribution in [1.82, 2.24) is 14.3 Å². The van der Waals surface area contributed by atoms with E-state index in [9.17, 15) is 12.8 Å². The van der Waals surface area contributed by atoms with Crippen molar-refractivity contribution in [1.29, 1.82) is 0 Å². The van der Waals surface area contributed by atoms with E-state index in [2.05, 4.69) is 9.71 Å². The third-order valence-electron chi connectivity index (χ3n) is 3.67. The number of aromatic nitrogens is 2. The lowest BCUT2D eigenvalue weighted by atomic mass is 10.0. The van der Waals surface area contributed by atoms with E-state index in [4.69, 9.17) is 4.74 Å². The van der Waals surface area contributed by atoms with Gasteiger partial charge in [-0.15, -0.1) is 0 Å². The number of ether oxygens (including phenoxy) is 1. The molecule has 0 fully saturated rings. The predicted octanol–water partition coefficient (Wildman–Crippen LogP) is 1.67. The Morgan fingerprint density at radius 2 is 2.23 bits per heavy atom. The van der Waals surface area contributed by atoms with E-state index in [-0.39, 0.29) is 5.03 Å². The second-order valence-corrected chi connectivity index (χ2v) is 6.89. The minimum Gasteiger partial charge on any atom is -0.493 e. The van der Waals surface area contributed by atoms with Gasteiger partial charge in [0, 0.05) is 25.2 Å². The number of aryl methyl sites for hydroxylation is 2. The van der Waals surface area contributed by atoms with Crippen LogP contribution in [0.5, 0.6) is 5.75 Å². The summed E-state index contributed by atoms with van der Waals surface area (Å²) in [6.45, 7) is 2.09. The Kier molecular flexibility index (Phi) is 3.65. The molecule has 2 heterocycles. The molecule has 118 valence electrons. The number of halogens is 1. The van der Waals surface area contributed by atoms with Crippen LogP contribution in [0.4, 0.5) is 4.39 Å². The monoisotopic (exact) mass is 325 g/mol. The van der Waals surface area contributed by atoms with Crippen molar-refractivity contribution in [2.24, 2.45) is 7.05 Å². The van der Waals surface area contributed by atoms with Crippen molar-refractivity contribution in [3.63, 3.8) is 0 Å². The van der Waals surface area contributed by atoms with Crippen LogP contribution in [0.15, 0.2) is 29.4 Å². The fourth-order valence-corrected chi connectivity index (χ4v) is 3.68. The Hall–Kier alpha value is -1.93. The van der Waals surface area contributed by atoms with Crippen LogP contribution >= 0.6 is 0 Å². The molecule has 0 aliphatic carbocycles. The van der Waals surface area contributed by atoms with E-state index >= 15 is 0 Å². The van der Waals surface area contributed by atoms with Crippen molar-refractivity contribution < 1.29 is 17.5 Å². The quantitative estimate of drug-likeness (QED) is 0.932. The van der Waals surface area contributed by atoms with E-state index in [1.807, 2.05) is 0 Å². The average Bonchev–Trinajstić information content (AvgIpc) is 2.80. The van der Waals surface area contributed by atoms with Gasteiger partial charge in [0.05, 0.1) is 12.6 Å². The SMILES string of the molecule is Cc1nc(S(=O)(=O)NC2CCOc3ccc(F)cc32)cn1C. The molecule has 1 N–H and O–H groups in total. The summed E-state index contributed by atoms with van der Waals surface area (Å²) in [6.07, 6.45) is 1.88. The lowest BCUT2D eigenvalue weighted by Gasteiger charge is -2.26. The van der Waals surface area contributed by atoms with Crippen molar-refractivity contribution in [2.45, 2.75) is 24.4 Å². The van der Waals surface area contributed by atoms with Crippen molar-refractivity contribution in [3.8, 4) is 5.75 Å². The molecule has 0 spiro atoms. The molecular weight excluding hydrogens is 309 g/mol. The third kappa shape index (κ3) is 2.71. The van der Waals surface area contributed by atoms with Gasteiger partial charge in [-0.3, -0.25) is 0 Å². The van der Waals surface area contributed by atoms with Gasteiger partial charge in [-0.1, -0.05) is 0 Å². The topological polar surface area (TPSA) is 73.2 Å². The number of imidazole rings is 1. The molecule has 2 aromatic rings. The fraction of sp³-hybridized carbons (Fsp3) is 0.357. The molecule has 8 heteroatoms. The van der Waals surface area contributed by atoms with Gasteiger partial charge >= 0.3 is 0 Å². The number of hydrogen-bond donors (Lipinski definition) is 1. The summed E-state index contributed by atoms with van der Waals surface area (Å²) in [7, 11) is -2.05. The highest BCUT2D eigenvalue weighted by molar-refractivity contribution is 7.89. The standard InChI is InChI=1S/C14H16FN3O3S/c1-9-16-14(8-18(9)2)22(19,20)17-12-5-6-21-13-4-3-10(15)7-11(12)13/h3-4,7-8,12,17H,5-6H2,1-2H3. The van der Waals surface area contributed by atoms with E-state index in [1.165, 1.54) is 24.4 Å². The molecule has 1 aliphatic rings. The summed E-state index contributed by atoms with van der Waals surface area (Å²) >= 11 is 0. The first-order valence-electron chi connectivity index (χ1n) is 6.81. The van der Waals surface area contributed by atoms with Crippen molar-refractivity contribution >= 4 is 10.0 Å². The Bertz CT molecular complexity index is 797. The van der Waals surface area contributed by atoms with Crippen LogP contribution in [0.1, 0.15) is 23.9 Å². The lowest BCUT2D eigenvalue weighted by Crippen LogP contribution is -2.32. The van der Waals surface area contributed by atoms with Gasteiger partial charge in [0.2, 0.25) is 0 Å². The molecule has 1 aliphatic heterocycles. The van der Waals surface area contributed by atoms with E-state index in [0.29, 0.717) is 30.2 Å². The van der Waals surface area contributed by atoms with E-state index in [1.54, 1.807) is 18.5 Å². The summed E-state index contributed by atoms with van der Waals surface area (Å²) in [5, 5.41) is -0.0445. The third-order valence-corrected chi connectivity index (χ3v) is 5.01. The van der Waals surface area contributed by atoms with Gasteiger partial charge in [-0.25, -0.2) is 22.5 Å². The molecule has 6 nitrogen and oxygen atoms in total. The molecule has 0 amide bonds. The van der Waals surface area contributed by atoms with Crippen LogP contribution in [0.25, 0.3) is 0 Å². The second kappa shape index (κ2) is 5.36. The summed E-state index contributed by atoms with van der Waals surface area (Å²) in [6, 6.07) is 3.56. The molecule has 0 saturated carbocycles. The second-order valence-electron chi connectivity index (χ2n) is 5.23. The Morgan fingerprint density at radius 1 is 1.45 bits per heavy atom. The van der Waals surface area contributed by atoms with Gasteiger partial charge in [0.1, 0.15) is 17.4 Å². The van der Waals surface area contributed by atoms with Crippen molar-refractivity contribution in [2.75, 3.05) is 6.61 Å². The molecular formula is C14H16FN3O3S. The van der Waals surface area contributed by atoms with Crippen LogP contribution in [0.3, 0.4) is 0 Å². The van der Waals surface area contributed by atoms with Gasteiger partial charge in [-0.2, -0.15) is 0 Å². The number of hydrogen-bond acceptors (Lipinski definition) is 4. The molecule has 22 heavy (non-hydrogen) atoms. The highest BCUT2D eigenvalue weighted by Gasteiger charge is 2.28. The fourth-order valence-electron chi connectivity index (χ4n) is 2.39. The maximum Gasteiger partial charge on any atom is 0.260 e. The lowest BCUT2D eigenvalue weighted by molar-refractivity contribution is 0.262. The minimum absolute atomic E-state index is 0.0445. The van der Waals surface area contributed by atoms with Crippen LogP contribution in [0.2, 0.25) is 0 Å². The molecule has 0 radical (unpaired) electrons. The summed E-state index contributed by atoms with van der Waals surface area (Å²) in [4.78, 5) is 4.03. The summed E-state index contributed by atoms with van der Waals surface area (Å²) < 4.78 is 48.0. The first-order chi connectivity index (χ1) is 10.4. The maximum atomic E-state index is 13.4. The Balaban J connectivity index is 1.92. The first-order valence-corrected chi connectivity index (χ1v) is 8.30. The molecule has 3 rings (SSSR count). The van der Waals surface area contributed by atoms with Crippen LogP contribution in [-0.2, 0) is 17.1 Å². The van der Waals surface area contributed by atoms with Crippen LogP contribution in [-0.4, -0.2) is 24.6 Å². The molecule has 1 unspecified atom stereocenters. The molecule has 1 atom stereocenters. The normalized spacial score (nSPS) is 17.9. The smallest absolute Gasteiger partial charge is 0.260 e. The van der Waals surface area contributed by atoms with Gasteiger partial charge in [0.25, 0.3) is 10.0 Å². The van der Waals surface area contributed by atoms with Crippen LogP contribution in [0, 0.1) is 12.7 Å². The van der Waals surface area contributed by atoms with Gasteiger partial charge in [-0.05, 0) is 25.1 Å². The molecule has 0 bridgehead atoms. The number of fused-ring (bicyclic) bond motifs is 1. The average molecular weight is 325 g/mol. The minimum atomic E-state index is -3.78. The van der Waals surface area contributed by atoms with Crippen molar-refractivity contribution in [3.05, 3.63) is 41.6 Å². The van der Waals surface area contributed by atoms with Gasteiger partial charge < -0.3 is 9.30 Å². The number of sulfonamides is 1. The molecule has 0 saturated heterocycles. The zero-order chi connectivity index (χ0) is 15.9. The number of nitrogens with zero attached hydrogens (tertiary/aromatic N) is 2. The predicted molar refractivity (Wildman–Crippen MR) is 77.5 cm³/mol.